The van der Waals surface area contributed by atoms with Crippen molar-refractivity contribution in [2.45, 2.75) is 20.8 Å². The molecule has 0 heterocycles. The van der Waals surface area contributed by atoms with Crippen LogP contribution >= 0.6 is 35.4 Å². The highest BCUT2D eigenvalue weighted by atomic mass is 35.5. The van der Waals surface area contributed by atoms with Crippen molar-refractivity contribution >= 4 is 52.0 Å². The van der Waals surface area contributed by atoms with E-state index in [2.05, 4.69) is 5.32 Å². The molecule has 1 unspecified atom stereocenters. The Labute approximate surface area is 128 Å². The topological polar surface area (TPSA) is 55.1 Å². The van der Waals surface area contributed by atoms with Crippen molar-refractivity contribution in [2.75, 3.05) is 5.32 Å². The number of halogens is 2. The number of hydrogen-bond donors (Lipinski definition) is 2. The van der Waals surface area contributed by atoms with Crippen LogP contribution in [0.1, 0.15) is 19.4 Å². The average Bonchev–Trinajstić information content (AvgIpc) is 2.24. The van der Waals surface area contributed by atoms with E-state index >= 15 is 0 Å². The number of thiocarbonyl (C=S) groups is 1. The minimum absolute atomic E-state index is 0.0113. The van der Waals surface area contributed by atoms with Crippen molar-refractivity contribution in [1.82, 2.24) is 0 Å². The van der Waals surface area contributed by atoms with E-state index in [1.54, 1.807) is 12.1 Å². The monoisotopic (exact) mass is 318 g/mol. The molecule has 0 saturated carbocycles. The first-order valence-corrected chi connectivity index (χ1v) is 6.96. The molecule has 6 heteroatoms. The number of amides is 1. The van der Waals surface area contributed by atoms with Crippen LogP contribution in [0.5, 0.6) is 0 Å². The van der Waals surface area contributed by atoms with Crippen LogP contribution in [0.15, 0.2) is 12.1 Å². The smallest absolute Gasteiger partial charge is 0.234 e. The summed E-state index contributed by atoms with van der Waals surface area (Å²) in [4.78, 5) is 12.3. The molecule has 0 aliphatic rings. The lowest BCUT2D eigenvalue weighted by molar-refractivity contribution is -0.118. The summed E-state index contributed by atoms with van der Waals surface area (Å²) in [6, 6.07) is 3.32. The summed E-state index contributed by atoms with van der Waals surface area (Å²) in [5.41, 5.74) is 6.90. The highest BCUT2D eigenvalue weighted by Crippen LogP contribution is 2.29. The zero-order valence-corrected chi connectivity index (χ0v) is 13.3. The van der Waals surface area contributed by atoms with Gasteiger partial charge in [-0.1, -0.05) is 49.3 Å². The van der Waals surface area contributed by atoms with Crippen LogP contribution in [0.3, 0.4) is 0 Å². The fraction of sp³-hybridized carbons (Fsp3) is 0.385. The van der Waals surface area contributed by atoms with Crippen molar-refractivity contribution in [2.24, 2.45) is 17.6 Å². The second-order valence-corrected chi connectivity index (χ2v) is 5.98. The third kappa shape index (κ3) is 4.06. The normalized spacial score (nSPS) is 12.3. The Bertz CT molecular complexity index is 518. The Morgan fingerprint density at radius 1 is 1.32 bits per heavy atom. The predicted molar refractivity (Wildman–Crippen MR) is 84.9 cm³/mol. The molecule has 1 atom stereocenters. The first kappa shape index (κ1) is 16.2. The Morgan fingerprint density at radius 3 is 2.37 bits per heavy atom. The molecule has 0 aliphatic heterocycles. The van der Waals surface area contributed by atoms with Crippen molar-refractivity contribution in [3.05, 3.63) is 27.7 Å². The predicted octanol–water partition coefficient (Wildman–Crippen LogP) is 3.80. The highest BCUT2D eigenvalue weighted by Gasteiger charge is 2.25. The van der Waals surface area contributed by atoms with E-state index in [0.717, 1.165) is 5.56 Å². The second-order valence-electron chi connectivity index (χ2n) is 4.69. The first-order chi connectivity index (χ1) is 8.73. The lowest BCUT2D eigenvalue weighted by atomic mass is 9.95. The number of rotatable bonds is 4. The standard InChI is InChI=1S/C13H16Cl2N2OS/c1-6(2)11(12(16)19)13(18)17-10-5-8(14)7(3)4-9(10)15/h4-6,11H,1-3H3,(H2,16,19)(H,17,18). The average molecular weight is 319 g/mol. The number of nitrogens with two attached hydrogens (primary N) is 1. The lowest BCUT2D eigenvalue weighted by Crippen LogP contribution is -2.36. The summed E-state index contributed by atoms with van der Waals surface area (Å²) >= 11 is 17.0. The molecule has 0 bridgehead atoms. The van der Waals surface area contributed by atoms with Crippen LogP contribution in [-0.4, -0.2) is 10.9 Å². The fourth-order valence-electron chi connectivity index (χ4n) is 1.71. The maximum atomic E-state index is 12.2. The molecule has 0 radical (unpaired) electrons. The van der Waals surface area contributed by atoms with Crippen LogP contribution in [-0.2, 0) is 4.79 Å². The zero-order chi connectivity index (χ0) is 14.7. The summed E-state index contributed by atoms with van der Waals surface area (Å²) < 4.78 is 0. The van der Waals surface area contributed by atoms with Gasteiger partial charge in [-0.25, -0.2) is 0 Å². The van der Waals surface area contributed by atoms with Gasteiger partial charge < -0.3 is 11.1 Å². The second kappa shape index (κ2) is 6.55. The van der Waals surface area contributed by atoms with E-state index in [4.69, 9.17) is 41.2 Å². The molecule has 1 rings (SSSR count). The largest absolute Gasteiger partial charge is 0.393 e. The van der Waals surface area contributed by atoms with E-state index in [-0.39, 0.29) is 16.8 Å². The molecule has 0 aliphatic carbocycles. The maximum absolute atomic E-state index is 12.2. The van der Waals surface area contributed by atoms with Gasteiger partial charge in [0.2, 0.25) is 5.91 Å². The number of benzene rings is 1. The van der Waals surface area contributed by atoms with Crippen LogP contribution in [0.25, 0.3) is 0 Å². The van der Waals surface area contributed by atoms with Crippen molar-refractivity contribution in [3.63, 3.8) is 0 Å². The Balaban J connectivity index is 2.99. The molecule has 3 nitrogen and oxygen atoms in total. The Morgan fingerprint density at radius 2 is 1.89 bits per heavy atom. The Kier molecular flexibility index (Phi) is 5.59. The number of carbonyl (C=O) groups is 1. The summed E-state index contributed by atoms with van der Waals surface area (Å²) in [7, 11) is 0. The van der Waals surface area contributed by atoms with Gasteiger partial charge in [0.25, 0.3) is 0 Å². The van der Waals surface area contributed by atoms with Crippen molar-refractivity contribution in [3.8, 4) is 0 Å². The molecule has 0 saturated heterocycles. The number of hydrogen-bond acceptors (Lipinski definition) is 2. The van der Waals surface area contributed by atoms with Gasteiger partial charge in [0, 0.05) is 5.02 Å². The number of nitrogens with one attached hydrogen (secondary N) is 1. The van der Waals surface area contributed by atoms with E-state index in [9.17, 15) is 4.79 Å². The molecule has 0 aromatic heterocycles. The third-order valence-corrected chi connectivity index (χ3v) is 3.74. The molecule has 1 aromatic rings. The van der Waals surface area contributed by atoms with Crippen molar-refractivity contribution in [1.29, 1.82) is 0 Å². The first-order valence-electron chi connectivity index (χ1n) is 5.79. The molecule has 0 fully saturated rings. The summed E-state index contributed by atoms with van der Waals surface area (Å²) in [6.45, 7) is 5.60. The number of anilines is 1. The molecule has 1 amide bonds. The van der Waals surface area contributed by atoms with Gasteiger partial charge in [-0.05, 0) is 30.5 Å². The van der Waals surface area contributed by atoms with E-state index in [0.29, 0.717) is 15.7 Å². The van der Waals surface area contributed by atoms with Gasteiger partial charge in [0.05, 0.1) is 21.6 Å². The summed E-state index contributed by atoms with van der Waals surface area (Å²) in [5, 5.41) is 3.69. The molecular weight excluding hydrogens is 303 g/mol. The van der Waals surface area contributed by atoms with E-state index in [1.807, 2.05) is 20.8 Å². The third-order valence-electron chi connectivity index (χ3n) is 2.76. The molecule has 0 spiro atoms. The molecule has 104 valence electrons. The van der Waals surface area contributed by atoms with Crippen LogP contribution in [0, 0.1) is 18.8 Å². The van der Waals surface area contributed by atoms with Gasteiger partial charge in [0.1, 0.15) is 0 Å². The quantitative estimate of drug-likeness (QED) is 0.830. The van der Waals surface area contributed by atoms with Gasteiger partial charge in [0.15, 0.2) is 0 Å². The molecule has 19 heavy (non-hydrogen) atoms. The number of carbonyl (C=O) groups excluding carboxylic acids is 1. The summed E-state index contributed by atoms with van der Waals surface area (Å²) in [6.07, 6.45) is 0. The van der Waals surface area contributed by atoms with Crippen LogP contribution in [0.2, 0.25) is 10.0 Å². The maximum Gasteiger partial charge on any atom is 0.234 e. The van der Waals surface area contributed by atoms with Crippen LogP contribution < -0.4 is 11.1 Å². The SMILES string of the molecule is Cc1cc(Cl)c(NC(=O)C(C(N)=S)C(C)C)cc1Cl. The van der Waals surface area contributed by atoms with E-state index in [1.165, 1.54) is 0 Å². The van der Waals surface area contributed by atoms with Gasteiger partial charge in [-0.15, -0.1) is 0 Å². The lowest BCUT2D eigenvalue weighted by Gasteiger charge is -2.19. The van der Waals surface area contributed by atoms with Crippen LogP contribution in [0.4, 0.5) is 5.69 Å². The van der Waals surface area contributed by atoms with Crippen molar-refractivity contribution < 1.29 is 4.79 Å². The fourth-order valence-corrected chi connectivity index (χ4v) is 2.52. The Hall–Kier alpha value is -0.840. The van der Waals surface area contributed by atoms with Gasteiger partial charge in [-0.2, -0.15) is 0 Å². The molecule has 3 N–H and O–H groups in total. The zero-order valence-electron chi connectivity index (χ0n) is 11.0. The van der Waals surface area contributed by atoms with Gasteiger partial charge in [-0.3, -0.25) is 4.79 Å². The molecule has 1 aromatic carbocycles. The highest BCUT2D eigenvalue weighted by molar-refractivity contribution is 7.80. The molecular formula is C13H16Cl2N2OS. The minimum Gasteiger partial charge on any atom is -0.393 e. The minimum atomic E-state index is -0.536. The number of aryl methyl sites for hydroxylation is 1. The summed E-state index contributed by atoms with van der Waals surface area (Å²) in [5.74, 6) is -0.798. The van der Waals surface area contributed by atoms with E-state index < -0.39 is 5.92 Å². The van der Waals surface area contributed by atoms with Gasteiger partial charge >= 0.3 is 0 Å².